The van der Waals surface area contributed by atoms with E-state index in [1.807, 2.05) is 31.2 Å². The summed E-state index contributed by atoms with van der Waals surface area (Å²) >= 11 is 0. The Morgan fingerprint density at radius 3 is 2.48 bits per heavy atom. The van der Waals surface area contributed by atoms with Crippen LogP contribution in [0, 0.1) is 0 Å². The first-order chi connectivity index (χ1) is 10.2. The molecular weight excluding hydrogens is 264 g/mol. The molecule has 0 saturated carbocycles. The summed E-state index contributed by atoms with van der Waals surface area (Å²) in [4.78, 5) is 0. The zero-order chi connectivity index (χ0) is 15.4. The average molecular weight is 292 g/mol. The van der Waals surface area contributed by atoms with Gasteiger partial charge in [-0.25, -0.2) is 0 Å². The Balaban J connectivity index is 2.33. The third kappa shape index (κ3) is 8.00. The average Bonchev–Trinajstić information content (AvgIpc) is 2.50. The van der Waals surface area contributed by atoms with Gasteiger partial charge >= 0.3 is 0 Å². The Morgan fingerprint density at radius 1 is 1.10 bits per heavy atom. The second-order valence-corrected chi connectivity index (χ2v) is 5.28. The molecule has 0 N–H and O–H groups in total. The molecule has 0 spiro atoms. The first kappa shape index (κ1) is 17.9. The summed E-state index contributed by atoms with van der Waals surface area (Å²) in [6.07, 6.45) is 3.57. The van der Waals surface area contributed by atoms with E-state index in [0.717, 1.165) is 19.4 Å². The molecule has 21 heavy (non-hydrogen) atoms. The smallest absolute Gasteiger partial charge is 0.0724 e. The second kappa shape index (κ2) is 10.6. The van der Waals surface area contributed by atoms with Crippen LogP contribution in [0.3, 0.4) is 0 Å². The molecule has 1 atom stereocenters. The van der Waals surface area contributed by atoms with Gasteiger partial charge in [0.1, 0.15) is 0 Å². The monoisotopic (exact) mass is 292 g/mol. The van der Waals surface area contributed by atoms with Crippen LogP contribution in [-0.2, 0) is 20.8 Å². The van der Waals surface area contributed by atoms with Crippen LogP contribution in [0.5, 0.6) is 0 Å². The molecule has 0 fully saturated rings. The lowest BCUT2D eigenvalue weighted by molar-refractivity contribution is -0.0644. The molecule has 1 aromatic carbocycles. The van der Waals surface area contributed by atoms with Crippen molar-refractivity contribution in [2.45, 2.75) is 38.9 Å². The van der Waals surface area contributed by atoms with Crippen molar-refractivity contribution < 1.29 is 14.2 Å². The third-order valence-corrected chi connectivity index (χ3v) is 3.36. The molecule has 0 amide bonds. The lowest BCUT2D eigenvalue weighted by Crippen LogP contribution is -2.30. The molecule has 0 aliphatic rings. The quantitative estimate of drug-likeness (QED) is 0.431. The fourth-order valence-corrected chi connectivity index (χ4v) is 2.02. The Labute approximate surface area is 128 Å². The molecule has 0 bridgehead atoms. The molecular formula is C18H28O3. The van der Waals surface area contributed by atoms with E-state index < -0.39 is 0 Å². The molecule has 0 saturated heterocycles. The largest absolute Gasteiger partial charge is 0.379 e. The summed E-state index contributed by atoms with van der Waals surface area (Å²) in [5, 5.41) is 0. The predicted molar refractivity (Wildman–Crippen MR) is 86.4 cm³/mol. The van der Waals surface area contributed by atoms with Crippen LogP contribution in [-0.4, -0.2) is 32.0 Å². The van der Waals surface area contributed by atoms with Gasteiger partial charge in [0.05, 0.1) is 25.4 Å². The van der Waals surface area contributed by atoms with Gasteiger partial charge in [-0.3, -0.25) is 0 Å². The fraction of sp³-hybridized carbons (Fsp3) is 0.556. The van der Waals surface area contributed by atoms with Crippen molar-refractivity contribution in [1.82, 2.24) is 0 Å². The molecule has 0 heterocycles. The van der Waals surface area contributed by atoms with Crippen molar-refractivity contribution in [2.75, 3.05) is 26.4 Å². The van der Waals surface area contributed by atoms with E-state index in [4.69, 9.17) is 14.2 Å². The summed E-state index contributed by atoms with van der Waals surface area (Å²) in [5.41, 5.74) is 0.952. The van der Waals surface area contributed by atoms with E-state index in [9.17, 15) is 0 Å². The van der Waals surface area contributed by atoms with E-state index in [-0.39, 0.29) is 5.60 Å². The van der Waals surface area contributed by atoms with Crippen molar-refractivity contribution in [3.63, 3.8) is 0 Å². The summed E-state index contributed by atoms with van der Waals surface area (Å²) in [6, 6.07) is 10.2. The minimum atomic E-state index is -0.233. The van der Waals surface area contributed by atoms with Gasteiger partial charge in [-0.1, -0.05) is 36.4 Å². The maximum Gasteiger partial charge on any atom is 0.0724 e. The van der Waals surface area contributed by atoms with Crippen LogP contribution < -0.4 is 0 Å². The molecule has 3 nitrogen and oxygen atoms in total. The first-order valence-electron chi connectivity index (χ1n) is 7.64. The number of ether oxygens (including phenoxy) is 3. The van der Waals surface area contributed by atoms with E-state index in [0.29, 0.717) is 26.4 Å². The Hall–Kier alpha value is -1.16. The van der Waals surface area contributed by atoms with Crippen LogP contribution in [0.4, 0.5) is 0 Å². The van der Waals surface area contributed by atoms with Crippen molar-refractivity contribution in [1.29, 1.82) is 0 Å². The fourth-order valence-electron chi connectivity index (χ4n) is 2.02. The summed E-state index contributed by atoms with van der Waals surface area (Å²) in [5.74, 6) is 0. The molecule has 0 aliphatic heterocycles. The Bertz CT molecular complexity index is 377. The predicted octanol–water partition coefficient (Wildman–Crippen LogP) is 3.98. The SMILES string of the molecule is C=CC[C@](C)(CCOCCOCC)OCc1ccccc1. The highest BCUT2D eigenvalue weighted by Gasteiger charge is 2.23. The minimum Gasteiger partial charge on any atom is -0.379 e. The van der Waals surface area contributed by atoms with Crippen LogP contribution in [0.25, 0.3) is 0 Å². The van der Waals surface area contributed by atoms with Crippen molar-refractivity contribution in [3.05, 3.63) is 48.6 Å². The number of hydrogen-bond acceptors (Lipinski definition) is 3. The molecule has 0 radical (unpaired) electrons. The standard InChI is InChI=1S/C18H28O3/c1-4-11-18(3,12-13-20-15-14-19-5-2)21-16-17-9-7-6-8-10-17/h4,6-10H,1,5,11-16H2,2-3H3/t18-/m1/s1. The van der Waals surface area contributed by atoms with Crippen molar-refractivity contribution in [2.24, 2.45) is 0 Å². The topological polar surface area (TPSA) is 27.7 Å². The highest BCUT2D eigenvalue weighted by Crippen LogP contribution is 2.22. The van der Waals surface area contributed by atoms with Crippen LogP contribution >= 0.6 is 0 Å². The van der Waals surface area contributed by atoms with E-state index in [1.165, 1.54) is 5.56 Å². The highest BCUT2D eigenvalue weighted by molar-refractivity contribution is 5.13. The van der Waals surface area contributed by atoms with Gasteiger partial charge in [-0.05, 0) is 32.3 Å². The maximum atomic E-state index is 6.10. The molecule has 1 aromatic rings. The summed E-state index contributed by atoms with van der Waals surface area (Å²) in [7, 11) is 0. The van der Waals surface area contributed by atoms with Gasteiger partial charge < -0.3 is 14.2 Å². The maximum absolute atomic E-state index is 6.10. The van der Waals surface area contributed by atoms with E-state index in [1.54, 1.807) is 0 Å². The number of hydrogen-bond donors (Lipinski definition) is 0. The van der Waals surface area contributed by atoms with Gasteiger partial charge in [-0.2, -0.15) is 0 Å². The lowest BCUT2D eigenvalue weighted by atomic mass is 9.98. The van der Waals surface area contributed by atoms with Gasteiger partial charge in [0.25, 0.3) is 0 Å². The van der Waals surface area contributed by atoms with Gasteiger partial charge in [0.2, 0.25) is 0 Å². The van der Waals surface area contributed by atoms with Gasteiger partial charge in [-0.15, -0.1) is 6.58 Å². The minimum absolute atomic E-state index is 0.233. The molecule has 1 rings (SSSR count). The summed E-state index contributed by atoms with van der Waals surface area (Å²) in [6.45, 7) is 11.2. The zero-order valence-corrected chi connectivity index (χ0v) is 13.3. The third-order valence-electron chi connectivity index (χ3n) is 3.36. The number of rotatable bonds is 12. The molecule has 118 valence electrons. The van der Waals surface area contributed by atoms with Crippen LogP contribution in [0.15, 0.2) is 43.0 Å². The van der Waals surface area contributed by atoms with Gasteiger partial charge in [0.15, 0.2) is 0 Å². The van der Waals surface area contributed by atoms with Crippen molar-refractivity contribution in [3.8, 4) is 0 Å². The molecule has 0 aromatic heterocycles. The van der Waals surface area contributed by atoms with Crippen LogP contribution in [0.2, 0.25) is 0 Å². The highest BCUT2D eigenvalue weighted by atomic mass is 16.5. The van der Waals surface area contributed by atoms with E-state index in [2.05, 4.69) is 25.6 Å². The normalized spacial score (nSPS) is 13.8. The molecule has 3 heteroatoms. The molecule has 0 aliphatic carbocycles. The second-order valence-electron chi connectivity index (χ2n) is 5.28. The van der Waals surface area contributed by atoms with E-state index >= 15 is 0 Å². The van der Waals surface area contributed by atoms with Crippen molar-refractivity contribution >= 4 is 0 Å². The number of benzene rings is 1. The Kier molecular flexibility index (Phi) is 8.99. The van der Waals surface area contributed by atoms with Crippen LogP contribution in [0.1, 0.15) is 32.3 Å². The first-order valence-corrected chi connectivity index (χ1v) is 7.64. The van der Waals surface area contributed by atoms with Gasteiger partial charge in [0, 0.05) is 13.2 Å². The lowest BCUT2D eigenvalue weighted by Gasteiger charge is -2.29. The zero-order valence-electron chi connectivity index (χ0n) is 13.3. The Morgan fingerprint density at radius 2 is 1.81 bits per heavy atom. The molecule has 0 unspecified atom stereocenters. The summed E-state index contributed by atoms with van der Waals surface area (Å²) < 4.78 is 16.9.